The van der Waals surface area contributed by atoms with Crippen LogP contribution in [0.2, 0.25) is 0 Å². The van der Waals surface area contributed by atoms with Gasteiger partial charge in [-0.1, -0.05) is 12.2 Å². The SMILES string of the molecule is C=C1CCC(Cl)C(Cl)C1Cl. The monoisotopic (exact) mass is 198 g/mol. The lowest BCUT2D eigenvalue weighted by Gasteiger charge is -2.28. The van der Waals surface area contributed by atoms with E-state index in [9.17, 15) is 0 Å². The normalized spacial score (nSPS) is 41.9. The van der Waals surface area contributed by atoms with Crippen molar-refractivity contribution in [2.24, 2.45) is 0 Å². The minimum atomic E-state index is -0.149. The van der Waals surface area contributed by atoms with Crippen LogP contribution >= 0.6 is 34.8 Å². The van der Waals surface area contributed by atoms with Crippen LogP contribution in [0.4, 0.5) is 0 Å². The largest absolute Gasteiger partial charge is 0.121 e. The van der Waals surface area contributed by atoms with Crippen LogP contribution in [0.15, 0.2) is 12.2 Å². The second-order valence-corrected chi connectivity index (χ2v) is 4.09. The van der Waals surface area contributed by atoms with E-state index < -0.39 is 0 Å². The van der Waals surface area contributed by atoms with E-state index in [-0.39, 0.29) is 16.1 Å². The molecule has 1 aliphatic carbocycles. The van der Waals surface area contributed by atoms with Crippen LogP contribution in [0.25, 0.3) is 0 Å². The van der Waals surface area contributed by atoms with E-state index in [0.29, 0.717) is 0 Å². The van der Waals surface area contributed by atoms with Gasteiger partial charge in [-0.05, 0) is 12.8 Å². The number of allylic oxidation sites excluding steroid dienone is 1. The summed E-state index contributed by atoms with van der Waals surface area (Å²) >= 11 is 17.7. The highest BCUT2D eigenvalue weighted by molar-refractivity contribution is 6.36. The zero-order valence-corrected chi connectivity index (χ0v) is 7.76. The first-order valence-corrected chi connectivity index (χ1v) is 4.53. The van der Waals surface area contributed by atoms with Crippen LogP contribution in [0.1, 0.15) is 12.8 Å². The third-order valence-corrected chi connectivity index (χ3v) is 3.64. The highest BCUT2D eigenvalue weighted by atomic mass is 35.5. The Hall–Kier alpha value is 0.610. The lowest BCUT2D eigenvalue weighted by molar-refractivity contribution is 0.622. The minimum absolute atomic E-state index is 0.00895. The average Bonchev–Trinajstić information content (AvgIpc) is 1.93. The molecule has 58 valence electrons. The van der Waals surface area contributed by atoms with Gasteiger partial charge in [0.1, 0.15) is 0 Å². The molecule has 1 aliphatic rings. The first kappa shape index (κ1) is 8.70. The first-order chi connectivity index (χ1) is 4.63. The van der Waals surface area contributed by atoms with Crippen molar-refractivity contribution in [3.63, 3.8) is 0 Å². The van der Waals surface area contributed by atoms with Crippen LogP contribution in [0, 0.1) is 0 Å². The van der Waals surface area contributed by atoms with E-state index in [0.717, 1.165) is 18.4 Å². The number of halogens is 3. The molecule has 0 radical (unpaired) electrons. The molecule has 3 heteroatoms. The van der Waals surface area contributed by atoms with Crippen molar-refractivity contribution in [1.82, 2.24) is 0 Å². The van der Waals surface area contributed by atoms with Crippen molar-refractivity contribution in [1.29, 1.82) is 0 Å². The third-order valence-electron chi connectivity index (χ3n) is 1.76. The fourth-order valence-corrected chi connectivity index (χ4v) is 1.95. The van der Waals surface area contributed by atoms with Gasteiger partial charge in [0.2, 0.25) is 0 Å². The average molecular weight is 200 g/mol. The third kappa shape index (κ3) is 1.61. The van der Waals surface area contributed by atoms with Crippen molar-refractivity contribution in [3.05, 3.63) is 12.2 Å². The molecule has 0 aromatic heterocycles. The zero-order valence-electron chi connectivity index (χ0n) is 5.49. The summed E-state index contributed by atoms with van der Waals surface area (Å²) in [5, 5.41) is -0.280. The Morgan fingerprint density at radius 2 is 1.90 bits per heavy atom. The smallest absolute Gasteiger partial charge is 0.0720 e. The van der Waals surface area contributed by atoms with Crippen LogP contribution in [-0.4, -0.2) is 16.1 Å². The van der Waals surface area contributed by atoms with E-state index in [2.05, 4.69) is 6.58 Å². The summed E-state index contributed by atoms with van der Waals surface area (Å²) in [6.45, 7) is 3.81. The second-order valence-electron chi connectivity index (χ2n) is 2.56. The Bertz CT molecular complexity index is 144. The highest BCUT2D eigenvalue weighted by Crippen LogP contribution is 2.33. The molecule has 3 unspecified atom stereocenters. The van der Waals surface area contributed by atoms with E-state index in [4.69, 9.17) is 34.8 Å². The lowest BCUT2D eigenvalue weighted by Crippen LogP contribution is -2.31. The van der Waals surface area contributed by atoms with Crippen molar-refractivity contribution in [2.45, 2.75) is 29.0 Å². The zero-order chi connectivity index (χ0) is 7.72. The van der Waals surface area contributed by atoms with Gasteiger partial charge < -0.3 is 0 Å². The van der Waals surface area contributed by atoms with Gasteiger partial charge >= 0.3 is 0 Å². The quantitative estimate of drug-likeness (QED) is 0.415. The Kier molecular flexibility index (Phi) is 2.91. The summed E-state index contributed by atoms with van der Waals surface area (Å²) in [5.41, 5.74) is 1.01. The van der Waals surface area contributed by atoms with Crippen molar-refractivity contribution in [2.75, 3.05) is 0 Å². The molecule has 1 saturated carbocycles. The fourth-order valence-electron chi connectivity index (χ4n) is 1.03. The van der Waals surface area contributed by atoms with Gasteiger partial charge in [-0.3, -0.25) is 0 Å². The molecule has 3 atom stereocenters. The Morgan fingerprint density at radius 3 is 2.40 bits per heavy atom. The van der Waals surface area contributed by atoms with E-state index in [1.165, 1.54) is 0 Å². The maximum atomic E-state index is 5.90. The molecule has 0 saturated heterocycles. The Labute approximate surface area is 76.1 Å². The van der Waals surface area contributed by atoms with Gasteiger partial charge in [0.15, 0.2) is 0 Å². The number of alkyl halides is 3. The fraction of sp³-hybridized carbons (Fsp3) is 0.714. The molecule has 0 spiro atoms. The summed E-state index contributed by atoms with van der Waals surface area (Å²) in [7, 11) is 0. The van der Waals surface area contributed by atoms with Crippen LogP contribution in [-0.2, 0) is 0 Å². The molecule has 0 nitrogen and oxygen atoms in total. The number of rotatable bonds is 0. The molecule has 0 N–H and O–H groups in total. The topological polar surface area (TPSA) is 0 Å². The maximum absolute atomic E-state index is 5.90. The van der Waals surface area contributed by atoms with Gasteiger partial charge in [-0.25, -0.2) is 0 Å². The molecular weight excluding hydrogens is 190 g/mol. The highest BCUT2D eigenvalue weighted by Gasteiger charge is 2.31. The van der Waals surface area contributed by atoms with Crippen molar-refractivity contribution in [3.8, 4) is 0 Å². The summed E-state index contributed by atoms with van der Waals surface area (Å²) in [6.07, 6.45) is 1.81. The Morgan fingerprint density at radius 1 is 1.30 bits per heavy atom. The number of hydrogen-bond acceptors (Lipinski definition) is 0. The molecular formula is C7H9Cl3. The van der Waals surface area contributed by atoms with E-state index >= 15 is 0 Å². The molecule has 0 amide bonds. The minimum Gasteiger partial charge on any atom is -0.121 e. The maximum Gasteiger partial charge on any atom is 0.0720 e. The summed E-state index contributed by atoms with van der Waals surface area (Å²) in [4.78, 5) is 0. The predicted molar refractivity (Wildman–Crippen MR) is 47.3 cm³/mol. The summed E-state index contributed by atoms with van der Waals surface area (Å²) in [5.74, 6) is 0. The van der Waals surface area contributed by atoms with Gasteiger partial charge in [0.05, 0.1) is 16.1 Å². The second kappa shape index (κ2) is 3.34. The molecule has 10 heavy (non-hydrogen) atoms. The van der Waals surface area contributed by atoms with Gasteiger partial charge in [0.25, 0.3) is 0 Å². The van der Waals surface area contributed by atoms with Crippen LogP contribution < -0.4 is 0 Å². The van der Waals surface area contributed by atoms with Gasteiger partial charge in [-0.2, -0.15) is 0 Å². The molecule has 0 aromatic rings. The lowest BCUT2D eigenvalue weighted by atomic mass is 9.95. The van der Waals surface area contributed by atoms with Crippen molar-refractivity contribution >= 4 is 34.8 Å². The van der Waals surface area contributed by atoms with Crippen LogP contribution in [0.5, 0.6) is 0 Å². The van der Waals surface area contributed by atoms with Crippen LogP contribution in [0.3, 0.4) is 0 Å². The van der Waals surface area contributed by atoms with Gasteiger partial charge in [-0.15, -0.1) is 34.8 Å². The molecule has 0 heterocycles. The molecule has 1 rings (SSSR count). The van der Waals surface area contributed by atoms with E-state index in [1.54, 1.807) is 0 Å². The van der Waals surface area contributed by atoms with Gasteiger partial charge in [0, 0.05) is 0 Å². The first-order valence-electron chi connectivity index (χ1n) is 3.23. The summed E-state index contributed by atoms with van der Waals surface area (Å²) < 4.78 is 0. The van der Waals surface area contributed by atoms with Crippen molar-refractivity contribution < 1.29 is 0 Å². The van der Waals surface area contributed by atoms with E-state index in [1.807, 2.05) is 0 Å². The Balaban J connectivity index is 2.60. The standard InChI is InChI=1S/C7H9Cl3/c1-4-2-3-5(8)7(10)6(4)9/h5-7H,1-3H2. The number of hydrogen-bond donors (Lipinski definition) is 0. The molecule has 0 aliphatic heterocycles. The predicted octanol–water partition coefficient (Wildman–Crippen LogP) is 3.16. The molecule has 0 aromatic carbocycles. The molecule has 1 fully saturated rings. The molecule has 0 bridgehead atoms. The summed E-state index contributed by atoms with van der Waals surface area (Å²) in [6, 6.07) is 0.